The molecule has 198 valence electrons. The van der Waals surface area contributed by atoms with E-state index in [1.165, 1.54) is 5.56 Å². The first-order valence-corrected chi connectivity index (χ1v) is 13.4. The highest BCUT2D eigenvalue weighted by Gasteiger charge is 2.31. The molecule has 8 heteroatoms. The zero-order valence-corrected chi connectivity index (χ0v) is 22.3. The van der Waals surface area contributed by atoms with Crippen LogP contribution in [0.2, 0.25) is 0 Å². The van der Waals surface area contributed by atoms with Crippen LogP contribution in [0.25, 0.3) is 0 Å². The van der Waals surface area contributed by atoms with Crippen LogP contribution in [0.1, 0.15) is 74.9 Å². The number of anilines is 2. The molecule has 0 saturated carbocycles. The summed E-state index contributed by atoms with van der Waals surface area (Å²) in [5, 5.41) is 16.8. The molecule has 36 heavy (non-hydrogen) atoms. The predicted molar refractivity (Wildman–Crippen MR) is 140 cm³/mol. The highest BCUT2D eigenvalue weighted by Crippen LogP contribution is 2.31. The van der Waals surface area contributed by atoms with Gasteiger partial charge in [0.25, 0.3) is 6.01 Å². The number of nitrogens with one attached hydrogen (secondary N) is 2. The highest BCUT2D eigenvalue weighted by atomic mass is 16.5. The second-order valence-corrected chi connectivity index (χ2v) is 10.9. The molecular formula is C28H42N4O4. The van der Waals surface area contributed by atoms with Gasteiger partial charge in [0, 0.05) is 18.8 Å². The maximum Gasteiger partial charge on any atom is 0.309 e. The minimum absolute atomic E-state index is 0.0434. The number of rotatable bonds is 7. The summed E-state index contributed by atoms with van der Waals surface area (Å²) in [7, 11) is 0. The van der Waals surface area contributed by atoms with Crippen molar-refractivity contribution in [2.24, 2.45) is 11.8 Å². The van der Waals surface area contributed by atoms with Gasteiger partial charge in [0.05, 0.1) is 30.4 Å². The lowest BCUT2D eigenvalue weighted by atomic mass is 9.87. The predicted octanol–water partition coefficient (Wildman–Crippen LogP) is 4.62. The Morgan fingerprint density at radius 1 is 1.31 bits per heavy atom. The van der Waals surface area contributed by atoms with Gasteiger partial charge in [-0.15, -0.1) is 0 Å². The van der Waals surface area contributed by atoms with Crippen LogP contribution in [0.5, 0.6) is 0 Å². The van der Waals surface area contributed by atoms with Crippen LogP contribution < -0.4 is 10.6 Å². The van der Waals surface area contributed by atoms with E-state index in [2.05, 4.69) is 53.4 Å². The van der Waals surface area contributed by atoms with E-state index in [4.69, 9.17) is 9.15 Å². The Morgan fingerprint density at radius 3 is 2.83 bits per heavy atom. The van der Waals surface area contributed by atoms with E-state index in [0.717, 1.165) is 62.3 Å². The second kappa shape index (κ2) is 11.8. The van der Waals surface area contributed by atoms with Gasteiger partial charge in [-0.25, -0.2) is 4.98 Å². The third-order valence-electron chi connectivity index (χ3n) is 7.44. The van der Waals surface area contributed by atoms with Crippen molar-refractivity contribution in [1.29, 1.82) is 0 Å². The number of hydrogen-bond acceptors (Lipinski definition) is 8. The van der Waals surface area contributed by atoms with Gasteiger partial charge < -0.3 is 24.9 Å². The third kappa shape index (κ3) is 6.47. The fraction of sp³-hybridized carbons (Fsp3) is 0.643. The molecule has 3 N–H and O–H groups in total. The molecule has 0 bridgehead atoms. The van der Waals surface area contributed by atoms with E-state index in [-0.39, 0.29) is 30.0 Å². The summed E-state index contributed by atoms with van der Waals surface area (Å²) >= 11 is 0. The average Bonchev–Trinajstić information content (AvgIpc) is 3.43. The number of ether oxygens (including phenoxy) is 1. The molecule has 0 amide bonds. The number of carbonyl (C=O) groups is 1. The van der Waals surface area contributed by atoms with Crippen molar-refractivity contribution in [1.82, 2.24) is 15.2 Å². The molecular weight excluding hydrogens is 456 g/mol. The number of carbonyl (C=O) groups excluding carboxylic acids is 1. The molecule has 2 fully saturated rings. The summed E-state index contributed by atoms with van der Waals surface area (Å²) in [5.41, 5.74) is 4.55. The van der Waals surface area contributed by atoms with Crippen LogP contribution in [-0.2, 0) is 16.1 Å². The van der Waals surface area contributed by atoms with Gasteiger partial charge in [-0.1, -0.05) is 19.4 Å². The maximum absolute atomic E-state index is 12.7. The molecule has 0 spiro atoms. The monoisotopic (exact) mass is 498 g/mol. The lowest BCUT2D eigenvalue weighted by Crippen LogP contribution is -2.38. The molecule has 2 aliphatic rings. The molecule has 2 aromatic rings. The Kier molecular flexibility index (Phi) is 8.70. The average molecular weight is 499 g/mol. The number of aliphatic hydroxyl groups is 1. The minimum Gasteiger partial charge on any atom is -0.463 e. The van der Waals surface area contributed by atoms with Crippen molar-refractivity contribution < 1.29 is 19.1 Å². The zero-order valence-electron chi connectivity index (χ0n) is 22.3. The summed E-state index contributed by atoms with van der Waals surface area (Å²) in [6.45, 7) is 13.7. The highest BCUT2D eigenvalue weighted by molar-refractivity contribution is 5.73. The maximum atomic E-state index is 12.7. The fourth-order valence-corrected chi connectivity index (χ4v) is 5.48. The second-order valence-electron chi connectivity index (χ2n) is 10.9. The lowest BCUT2D eigenvalue weighted by Gasteiger charge is -2.33. The number of aliphatic hydroxyl groups excluding tert-OH is 1. The SMILES string of the molecule is Cc1cc(CN2CCCCC(C(=O)OC(C)C)[C@@H](C)C2)c(C)c(Nc2ncc([C@H]3NCC[C@H]3O)o2)c1. The topological polar surface area (TPSA) is 99.9 Å². The number of hydrogen-bond donors (Lipinski definition) is 3. The Balaban J connectivity index is 1.46. The van der Waals surface area contributed by atoms with Gasteiger partial charge in [0.2, 0.25) is 0 Å². The molecule has 2 saturated heterocycles. The Morgan fingerprint density at radius 2 is 2.11 bits per heavy atom. The van der Waals surface area contributed by atoms with Crippen molar-refractivity contribution in [2.75, 3.05) is 25.0 Å². The quantitative estimate of drug-likeness (QED) is 0.476. The Hall–Kier alpha value is -2.42. The number of oxazole rings is 1. The first kappa shape index (κ1) is 26.6. The Labute approximate surface area is 214 Å². The van der Waals surface area contributed by atoms with E-state index in [1.807, 2.05) is 13.8 Å². The van der Waals surface area contributed by atoms with E-state index in [0.29, 0.717) is 18.2 Å². The number of aryl methyl sites for hydroxylation is 1. The number of benzene rings is 1. The third-order valence-corrected chi connectivity index (χ3v) is 7.44. The van der Waals surface area contributed by atoms with Gasteiger partial charge in [0.1, 0.15) is 5.76 Å². The van der Waals surface area contributed by atoms with Gasteiger partial charge in [0.15, 0.2) is 0 Å². The molecule has 1 aromatic heterocycles. The van der Waals surface area contributed by atoms with Crippen LogP contribution in [-0.4, -0.2) is 52.8 Å². The fourth-order valence-electron chi connectivity index (χ4n) is 5.48. The molecule has 4 atom stereocenters. The Bertz CT molecular complexity index is 1040. The first-order chi connectivity index (χ1) is 17.2. The minimum atomic E-state index is -0.454. The number of nitrogens with zero attached hydrogens (tertiary/aromatic N) is 2. The standard InChI is InChI=1S/C28H42N4O4/c1-17(2)35-27(34)22-8-6-7-11-32(15-19(22)4)16-21-12-18(3)13-23(20(21)5)31-28-30-14-25(36-28)26-24(33)9-10-29-26/h12-14,17,19,22,24,26,29,33H,6-11,15-16H2,1-5H3,(H,30,31)/t19-,22?,24+,26-/m0/s1. The van der Waals surface area contributed by atoms with Gasteiger partial charge in [-0.3, -0.25) is 9.69 Å². The molecule has 4 rings (SSSR count). The van der Waals surface area contributed by atoms with Crippen molar-refractivity contribution in [3.63, 3.8) is 0 Å². The summed E-state index contributed by atoms with van der Waals surface area (Å²) < 4.78 is 11.5. The number of aromatic nitrogens is 1. The lowest BCUT2D eigenvalue weighted by molar-refractivity contribution is -0.155. The molecule has 1 unspecified atom stereocenters. The van der Waals surface area contributed by atoms with E-state index in [9.17, 15) is 9.90 Å². The van der Waals surface area contributed by atoms with Crippen LogP contribution in [0.15, 0.2) is 22.7 Å². The summed E-state index contributed by atoms with van der Waals surface area (Å²) in [6, 6.07) is 4.57. The largest absolute Gasteiger partial charge is 0.463 e. The van der Waals surface area contributed by atoms with Crippen LogP contribution >= 0.6 is 0 Å². The van der Waals surface area contributed by atoms with E-state index >= 15 is 0 Å². The van der Waals surface area contributed by atoms with Crippen molar-refractivity contribution in [3.05, 3.63) is 40.8 Å². The zero-order chi connectivity index (χ0) is 25.8. The molecule has 0 aliphatic carbocycles. The van der Waals surface area contributed by atoms with Crippen molar-refractivity contribution in [2.45, 2.75) is 85.1 Å². The molecule has 0 radical (unpaired) electrons. The number of likely N-dealkylation sites (tertiary alicyclic amines) is 1. The smallest absolute Gasteiger partial charge is 0.309 e. The molecule has 2 aliphatic heterocycles. The molecule has 1 aromatic carbocycles. The van der Waals surface area contributed by atoms with Crippen molar-refractivity contribution in [3.8, 4) is 0 Å². The first-order valence-electron chi connectivity index (χ1n) is 13.4. The molecule has 3 heterocycles. The summed E-state index contributed by atoms with van der Waals surface area (Å²) in [5.74, 6) is 0.791. The summed E-state index contributed by atoms with van der Waals surface area (Å²) in [4.78, 5) is 19.6. The van der Waals surface area contributed by atoms with Gasteiger partial charge in [-0.05, 0) is 88.7 Å². The van der Waals surface area contributed by atoms with Crippen LogP contribution in [0, 0.1) is 25.7 Å². The van der Waals surface area contributed by atoms with Crippen molar-refractivity contribution >= 4 is 17.7 Å². The van der Waals surface area contributed by atoms with E-state index in [1.54, 1.807) is 6.20 Å². The number of esters is 1. The van der Waals surface area contributed by atoms with Gasteiger partial charge >= 0.3 is 5.97 Å². The van der Waals surface area contributed by atoms with Crippen LogP contribution in [0.4, 0.5) is 11.7 Å². The van der Waals surface area contributed by atoms with Gasteiger partial charge in [-0.2, -0.15) is 0 Å². The normalized spacial score (nSPS) is 25.5. The molecule has 8 nitrogen and oxygen atoms in total. The van der Waals surface area contributed by atoms with E-state index < -0.39 is 6.10 Å². The summed E-state index contributed by atoms with van der Waals surface area (Å²) in [6.07, 6.45) is 4.89. The van der Waals surface area contributed by atoms with Crippen LogP contribution in [0.3, 0.4) is 0 Å².